The van der Waals surface area contributed by atoms with Crippen LogP contribution in [0.4, 0.5) is 5.69 Å². The summed E-state index contributed by atoms with van der Waals surface area (Å²) >= 11 is 0. The Morgan fingerprint density at radius 3 is 2.33 bits per heavy atom. The van der Waals surface area contributed by atoms with Crippen LogP contribution in [0.1, 0.15) is 31.1 Å². The molecular weight excluding hydrogens is 266 g/mol. The standard InChI is InChI=1S/C17H19NO3/c1-17(2,3)21-16(20)11-8-9-12(14(18)10-11)13-6-4-5-7-15(13)19/h4-10,19H,18H2,1-3H3. The molecule has 0 bridgehead atoms. The largest absolute Gasteiger partial charge is 0.507 e. The van der Waals surface area contributed by atoms with E-state index < -0.39 is 11.6 Å². The number of nitrogens with two attached hydrogens (primary N) is 1. The summed E-state index contributed by atoms with van der Waals surface area (Å²) in [6.07, 6.45) is 0. The number of hydrogen-bond donors (Lipinski definition) is 2. The van der Waals surface area contributed by atoms with Crippen LogP contribution in [0.2, 0.25) is 0 Å². The van der Waals surface area contributed by atoms with Crippen molar-refractivity contribution in [2.45, 2.75) is 26.4 Å². The van der Waals surface area contributed by atoms with Gasteiger partial charge in [-0.25, -0.2) is 4.79 Å². The normalized spacial score (nSPS) is 11.2. The van der Waals surface area contributed by atoms with Crippen molar-refractivity contribution in [1.82, 2.24) is 0 Å². The van der Waals surface area contributed by atoms with E-state index in [-0.39, 0.29) is 5.75 Å². The number of hydrogen-bond acceptors (Lipinski definition) is 4. The number of phenolic OH excluding ortho intramolecular Hbond substituents is 1. The first-order valence-corrected chi connectivity index (χ1v) is 6.69. The maximum atomic E-state index is 12.0. The van der Waals surface area contributed by atoms with E-state index in [1.807, 2.05) is 26.8 Å². The molecule has 2 aromatic rings. The summed E-state index contributed by atoms with van der Waals surface area (Å²) in [5.41, 5.74) is 7.57. The Kier molecular flexibility index (Phi) is 3.89. The van der Waals surface area contributed by atoms with Gasteiger partial charge in [-0.15, -0.1) is 0 Å². The van der Waals surface area contributed by atoms with Crippen LogP contribution in [0.3, 0.4) is 0 Å². The lowest BCUT2D eigenvalue weighted by Gasteiger charge is -2.19. The molecule has 0 unspecified atom stereocenters. The summed E-state index contributed by atoms with van der Waals surface area (Å²) in [6.45, 7) is 5.43. The fourth-order valence-corrected chi connectivity index (χ4v) is 1.97. The number of ether oxygens (including phenoxy) is 1. The molecule has 0 saturated heterocycles. The van der Waals surface area contributed by atoms with Gasteiger partial charge in [0.1, 0.15) is 11.4 Å². The van der Waals surface area contributed by atoms with Crippen molar-refractivity contribution in [3.05, 3.63) is 48.0 Å². The Balaban J connectivity index is 2.35. The van der Waals surface area contributed by atoms with Gasteiger partial charge in [0.05, 0.1) is 5.56 Å². The van der Waals surface area contributed by atoms with E-state index in [1.165, 1.54) is 0 Å². The molecule has 0 aliphatic carbocycles. The summed E-state index contributed by atoms with van der Waals surface area (Å²) in [4.78, 5) is 12.0. The van der Waals surface area contributed by atoms with Gasteiger partial charge < -0.3 is 15.6 Å². The maximum Gasteiger partial charge on any atom is 0.338 e. The predicted octanol–water partition coefficient (Wildman–Crippen LogP) is 3.60. The number of para-hydroxylation sites is 1. The molecule has 0 atom stereocenters. The number of esters is 1. The lowest BCUT2D eigenvalue weighted by molar-refractivity contribution is 0.00696. The second-order valence-electron chi connectivity index (χ2n) is 5.82. The Morgan fingerprint density at radius 1 is 1.10 bits per heavy atom. The van der Waals surface area contributed by atoms with Crippen molar-refractivity contribution < 1.29 is 14.6 Å². The van der Waals surface area contributed by atoms with Crippen LogP contribution in [-0.4, -0.2) is 16.7 Å². The Bertz CT molecular complexity index is 672. The number of nitrogen functional groups attached to an aromatic ring is 1. The highest BCUT2D eigenvalue weighted by molar-refractivity contribution is 5.93. The number of phenols is 1. The molecule has 0 radical (unpaired) electrons. The quantitative estimate of drug-likeness (QED) is 0.653. The van der Waals surface area contributed by atoms with Crippen LogP contribution < -0.4 is 5.73 Å². The van der Waals surface area contributed by atoms with Crippen molar-refractivity contribution in [2.75, 3.05) is 5.73 Å². The summed E-state index contributed by atoms with van der Waals surface area (Å²) in [5, 5.41) is 9.87. The van der Waals surface area contributed by atoms with Gasteiger partial charge in [0, 0.05) is 16.8 Å². The Morgan fingerprint density at radius 2 is 1.76 bits per heavy atom. The molecule has 4 heteroatoms. The molecule has 2 rings (SSSR count). The van der Waals surface area contributed by atoms with Gasteiger partial charge in [-0.05, 0) is 39.0 Å². The number of benzene rings is 2. The molecule has 0 aliphatic rings. The average molecular weight is 285 g/mol. The summed E-state index contributed by atoms with van der Waals surface area (Å²) in [7, 11) is 0. The van der Waals surface area contributed by atoms with Crippen molar-refractivity contribution in [2.24, 2.45) is 0 Å². The second-order valence-corrected chi connectivity index (χ2v) is 5.82. The highest BCUT2D eigenvalue weighted by Crippen LogP contribution is 2.33. The van der Waals surface area contributed by atoms with E-state index >= 15 is 0 Å². The molecule has 4 nitrogen and oxygen atoms in total. The molecule has 0 heterocycles. The first kappa shape index (κ1) is 14.9. The average Bonchev–Trinajstić information content (AvgIpc) is 2.38. The van der Waals surface area contributed by atoms with Crippen LogP contribution in [0.5, 0.6) is 5.75 Å². The lowest BCUT2D eigenvalue weighted by Crippen LogP contribution is -2.23. The van der Waals surface area contributed by atoms with Crippen LogP contribution in [0, 0.1) is 0 Å². The zero-order chi connectivity index (χ0) is 15.6. The van der Waals surface area contributed by atoms with Gasteiger partial charge in [0.2, 0.25) is 0 Å². The van der Waals surface area contributed by atoms with E-state index in [4.69, 9.17) is 10.5 Å². The van der Waals surface area contributed by atoms with E-state index in [1.54, 1.807) is 36.4 Å². The molecular formula is C17H19NO3. The first-order chi connectivity index (χ1) is 9.78. The monoisotopic (exact) mass is 285 g/mol. The van der Waals surface area contributed by atoms with E-state index in [0.717, 1.165) is 0 Å². The topological polar surface area (TPSA) is 72.5 Å². The van der Waals surface area contributed by atoms with E-state index in [9.17, 15) is 9.90 Å². The van der Waals surface area contributed by atoms with Crippen molar-refractivity contribution in [3.63, 3.8) is 0 Å². The zero-order valence-corrected chi connectivity index (χ0v) is 12.4. The zero-order valence-electron chi connectivity index (χ0n) is 12.4. The third-order valence-electron chi connectivity index (χ3n) is 2.88. The molecule has 0 aliphatic heterocycles. The number of carbonyl (C=O) groups is 1. The van der Waals surface area contributed by atoms with Crippen molar-refractivity contribution in [3.8, 4) is 16.9 Å². The molecule has 110 valence electrons. The Labute approximate surface area is 124 Å². The molecule has 0 fully saturated rings. The van der Waals surface area contributed by atoms with Crippen LogP contribution >= 0.6 is 0 Å². The van der Waals surface area contributed by atoms with Crippen molar-refractivity contribution in [1.29, 1.82) is 0 Å². The van der Waals surface area contributed by atoms with Gasteiger partial charge in [0.25, 0.3) is 0 Å². The van der Waals surface area contributed by atoms with E-state index in [2.05, 4.69) is 0 Å². The first-order valence-electron chi connectivity index (χ1n) is 6.69. The van der Waals surface area contributed by atoms with Crippen LogP contribution in [0.25, 0.3) is 11.1 Å². The van der Waals surface area contributed by atoms with Gasteiger partial charge in [-0.2, -0.15) is 0 Å². The maximum absolute atomic E-state index is 12.0. The van der Waals surface area contributed by atoms with Gasteiger partial charge in [-0.1, -0.05) is 24.3 Å². The fourth-order valence-electron chi connectivity index (χ4n) is 1.97. The number of rotatable bonds is 2. The Hall–Kier alpha value is -2.49. The SMILES string of the molecule is CC(C)(C)OC(=O)c1ccc(-c2ccccc2O)c(N)c1. The number of anilines is 1. The third kappa shape index (κ3) is 3.54. The lowest BCUT2D eigenvalue weighted by atomic mass is 10.0. The molecule has 0 spiro atoms. The van der Waals surface area contributed by atoms with Crippen LogP contribution in [0.15, 0.2) is 42.5 Å². The molecule has 2 aromatic carbocycles. The highest BCUT2D eigenvalue weighted by atomic mass is 16.6. The molecule has 0 saturated carbocycles. The third-order valence-corrected chi connectivity index (χ3v) is 2.88. The summed E-state index contributed by atoms with van der Waals surface area (Å²) in [5.74, 6) is -0.271. The molecule has 3 N–H and O–H groups in total. The highest BCUT2D eigenvalue weighted by Gasteiger charge is 2.19. The molecule has 21 heavy (non-hydrogen) atoms. The molecule has 0 aromatic heterocycles. The predicted molar refractivity (Wildman–Crippen MR) is 83.1 cm³/mol. The summed E-state index contributed by atoms with van der Waals surface area (Å²) in [6, 6.07) is 11.8. The van der Waals surface area contributed by atoms with Gasteiger partial charge in [0.15, 0.2) is 0 Å². The van der Waals surface area contributed by atoms with Crippen molar-refractivity contribution >= 4 is 11.7 Å². The van der Waals surface area contributed by atoms with E-state index in [0.29, 0.717) is 22.4 Å². The van der Waals surface area contributed by atoms with Crippen LogP contribution in [-0.2, 0) is 4.74 Å². The minimum Gasteiger partial charge on any atom is -0.507 e. The second kappa shape index (κ2) is 5.48. The minimum atomic E-state index is -0.553. The number of aromatic hydroxyl groups is 1. The molecule has 0 amide bonds. The summed E-state index contributed by atoms with van der Waals surface area (Å²) < 4.78 is 5.30. The van der Waals surface area contributed by atoms with Gasteiger partial charge in [-0.3, -0.25) is 0 Å². The number of carbonyl (C=O) groups excluding carboxylic acids is 1. The van der Waals surface area contributed by atoms with Gasteiger partial charge >= 0.3 is 5.97 Å². The fraction of sp³-hybridized carbons (Fsp3) is 0.235. The minimum absolute atomic E-state index is 0.147. The smallest absolute Gasteiger partial charge is 0.338 e.